The van der Waals surface area contributed by atoms with Gasteiger partial charge in [-0.3, -0.25) is 9.69 Å². The monoisotopic (exact) mass is 272 g/mol. The Morgan fingerprint density at radius 1 is 1.20 bits per heavy atom. The van der Waals surface area contributed by atoms with Crippen LogP contribution >= 0.6 is 0 Å². The normalized spacial score (nSPS) is 23.9. The number of nitrogens with zero attached hydrogens (tertiary/aromatic N) is 2. The van der Waals surface area contributed by atoms with E-state index >= 15 is 0 Å². The second-order valence-corrected chi connectivity index (χ2v) is 6.40. The first kappa shape index (κ1) is 13.6. The highest BCUT2D eigenvalue weighted by Gasteiger charge is 2.31. The lowest BCUT2D eigenvalue weighted by Gasteiger charge is -2.32. The Labute approximate surface area is 121 Å². The molecular formula is C17H24N2O. The standard InChI is InChI=1S/C17H24N2O/c1-13-7-9-18(10-8-13)12-17(20)19-14(2)11-15-5-3-4-6-16(15)19/h3-6,13-14H,7-12H2,1-2H3/t14-/m0/s1. The Morgan fingerprint density at radius 3 is 2.65 bits per heavy atom. The van der Waals surface area contributed by atoms with Crippen LogP contribution in [-0.4, -0.2) is 36.5 Å². The third-order valence-electron chi connectivity index (χ3n) is 4.71. The number of benzene rings is 1. The number of anilines is 1. The van der Waals surface area contributed by atoms with Gasteiger partial charge < -0.3 is 4.90 Å². The Bertz CT molecular complexity index is 492. The molecule has 0 saturated carbocycles. The Hall–Kier alpha value is -1.35. The first-order chi connectivity index (χ1) is 9.65. The molecule has 2 heterocycles. The van der Waals surface area contributed by atoms with Crippen LogP contribution < -0.4 is 4.90 Å². The average molecular weight is 272 g/mol. The number of fused-ring (bicyclic) bond motifs is 1. The molecule has 0 radical (unpaired) electrons. The second kappa shape index (κ2) is 5.57. The van der Waals surface area contributed by atoms with Crippen LogP contribution in [0.2, 0.25) is 0 Å². The van der Waals surface area contributed by atoms with Gasteiger partial charge >= 0.3 is 0 Å². The molecule has 3 heteroatoms. The number of piperidine rings is 1. The van der Waals surface area contributed by atoms with Gasteiger partial charge in [0.25, 0.3) is 0 Å². The molecule has 1 atom stereocenters. The smallest absolute Gasteiger partial charge is 0.241 e. The summed E-state index contributed by atoms with van der Waals surface area (Å²) in [4.78, 5) is 17.0. The van der Waals surface area contributed by atoms with Gasteiger partial charge in [0.15, 0.2) is 0 Å². The summed E-state index contributed by atoms with van der Waals surface area (Å²) in [5.41, 5.74) is 2.43. The molecule has 0 aliphatic carbocycles. The molecule has 1 saturated heterocycles. The van der Waals surface area contributed by atoms with E-state index in [0.717, 1.165) is 31.1 Å². The maximum Gasteiger partial charge on any atom is 0.241 e. The van der Waals surface area contributed by atoms with Gasteiger partial charge in [0.05, 0.1) is 6.54 Å². The molecule has 0 spiro atoms. The molecule has 20 heavy (non-hydrogen) atoms. The van der Waals surface area contributed by atoms with E-state index in [4.69, 9.17) is 0 Å². The van der Waals surface area contributed by atoms with E-state index in [9.17, 15) is 4.79 Å². The topological polar surface area (TPSA) is 23.6 Å². The minimum atomic E-state index is 0.261. The molecule has 2 aliphatic heterocycles. The molecule has 3 nitrogen and oxygen atoms in total. The van der Waals surface area contributed by atoms with Gasteiger partial charge in [-0.05, 0) is 56.8 Å². The molecule has 1 amide bonds. The number of rotatable bonds is 2. The molecule has 0 unspecified atom stereocenters. The molecule has 1 aromatic rings. The summed E-state index contributed by atoms with van der Waals surface area (Å²) < 4.78 is 0. The maximum absolute atomic E-state index is 12.7. The van der Waals surface area contributed by atoms with E-state index in [1.165, 1.54) is 18.4 Å². The van der Waals surface area contributed by atoms with Crippen LogP contribution in [-0.2, 0) is 11.2 Å². The number of hydrogen-bond acceptors (Lipinski definition) is 2. The third-order valence-corrected chi connectivity index (χ3v) is 4.71. The Morgan fingerprint density at radius 2 is 1.90 bits per heavy atom. The van der Waals surface area contributed by atoms with E-state index in [1.807, 2.05) is 11.0 Å². The lowest BCUT2D eigenvalue weighted by atomic mass is 9.99. The fourth-order valence-electron chi connectivity index (χ4n) is 3.43. The largest absolute Gasteiger partial charge is 0.308 e. The average Bonchev–Trinajstić information content (AvgIpc) is 2.77. The van der Waals surface area contributed by atoms with Gasteiger partial charge in [0, 0.05) is 11.7 Å². The fourth-order valence-corrected chi connectivity index (χ4v) is 3.43. The van der Waals surface area contributed by atoms with Gasteiger partial charge in [0.1, 0.15) is 0 Å². The maximum atomic E-state index is 12.7. The number of amides is 1. The van der Waals surface area contributed by atoms with Crippen molar-refractivity contribution in [2.75, 3.05) is 24.5 Å². The summed E-state index contributed by atoms with van der Waals surface area (Å²) in [6.45, 7) is 7.16. The summed E-state index contributed by atoms with van der Waals surface area (Å²) in [6.07, 6.45) is 3.43. The SMILES string of the molecule is CC1CCN(CC(=O)N2c3ccccc3C[C@@H]2C)CC1. The first-order valence-corrected chi connectivity index (χ1v) is 7.77. The van der Waals surface area contributed by atoms with Crippen molar-refractivity contribution in [2.24, 2.45) is 5.92 Å². The number of carbonyl (C=O) groups excluding carboxylic acids is 1. The molecule has 1 fully saturated rings. The lowest BCUT2D eigenvalue weighted by molar-refractivity contribution is -0.120. The number of para-hydroxylation sites is 1. The van der Waals surface area contributed by atoms with Crippen molar-refractivity contribution in [3.8, 4) is 0 Å². The highest BCUT2D eigenvalue weighted by molar-refractivity contribution is 5.97. The minimum Gasteiger partial charge on any atom is -0.308 e. The van der Waals surface area contributed by atoms with Crippen LogP contribution in [0.1, 0.15) is 32.3 Å². The van der Waals surface area contributed by atoms with Crippen LogP contribution in [0, 0.1) is 5.92 Å². The summed E-state index contributed by atoms with van der Waals surface area (Å²) in [6, 6.07) is 8.60. The summed E-state index contributed by atoms with van der Waals surface area (Å²) >= 11 is 0. The predicted molar refractivity (Wildman–Crippen MR) is 81.9 cm³/mol. The van der Waals surface area contributed by atoms with Crippen LogP contribution in [0.4, 0.5) is 5.69 Å². The van der Waals surface area contributed by atoms with Crippen molar-refractivity contribution in [1.82, 2.24) is 4.90 Å². The minimum absolute atomic E-state index is 0.261. The van der Waals surface area contributed by atoms with E-state index in [2.05, 4.69) is 36.9 Å². The van der Waals surface area contributed by atoms with Gasteiger partial charge in [-0.2, -0.15) is 0 Å². The first-order valence-electron chi connectivity index (χ1n) is 7.77. The molecule has 108 valence electrons. The van der Waals surface area contributed by atoms with E-state index in [0.29, 0.717) is 12.6 Å². The number of hydrogen-bond donors (Lipinski definition) is 0. The van der Waals surface area contributed by atoms with Gasteiger partial charge in [0.2, 0.25) is 5.91 Å². The van der Waals surface area contributed by atoms with E-state index < -0.39 is 0 Å². The molecular weight excluding hydrogens is 248 g/mol. The Balaban J connectivity index is 1.68. The van der Waals surface area contributed by atoms with E-state index in [-0.39, 0.29) is 5.91 Å². The van der Waals surface area contributed by atoms with Crippen molar-refractivity contribution in [2.45, 2.75) is 39.2 Å². The van der Waals surface area contributed by atoms with Crippen LogP contribution in [0.3, 0.4) is 0 Å². The predicted octanol–water partition coefficient (Wildman–Crippen LogP) is 2.70. The lowest BCUT2D eigenvalue weighted by Crippen LogP contribution is -2.45. The third kappa shape index (κ3) is 2.59. The van der Waals surface area contributed by atoms with Crippen LogP contribution in [0.15, 0.2) is 24.3 Å². The molecule has 3 rings (SSSR count). The molecule has 0 N–H and O–H groups in total. The summed E-state index contributed by atoms with van der Waals surface area (Å²) in [5, 5.41) is 0. The zero-order valence-electron chi connectivity index (χ0n) is 12.5. The van der Waals surface area contributed by atoms with Crippen LogP contribution in [0.5, 0.6) is 0 Å². The number of carbonyl (C=O) groups is 1. The van der Waals surface area contributed by atoms with Gasteiger partial charge in [-0.1, -0.05) is 25.1 Å². The zero-order valence-corrected chi connectivity index (χ0v) is 12.5. The van der Waals surface area contributed by atoms with E-state index in [1.54, 1.807) is 0 Å². The van der Waals surface area contributed by atoms with Crippen molar-refractivity contribution < 1.29 is 4.79 Å². The second-order valence-electron chi connectivity index (χ2n) is 6.40. The van der Waals surface area contributed by atoms with Crippen molar-refractivity contribution in [3.63, 3.8) is 0 Å². The van der Waals surface area contributed by atoms with Crippen molar-refractivity contribution in [3.05, 3.63) is 29.8 Å². The summed E-state index contributed by atoms with van der Waals surface area (Å²) in [5.74, 6) is 1.07. The molecule has 0 aromatic heterocycles. The highest BCUT2D eigenvalue weighted by Crippen LogP contribution is 2.32. The van der Waals surface area contributed by atoms with Gasteiger partial charge in [-0.15, -0.1) is 0 Å². The quantitative estimate of drug-likeness (QED) is 0.826. The van der Waals surface area contributed by atoms with Crippen LogP contribution in [0.25, 0.3) is 0 Å². The molecule has 0 bridgehead atoms. The zero-order chi connectivity index (χ0) is 14.1. The van der Waals surface area contributed by atoms with Crippen molar-refractivity contribution in [1.29, 1.82) is 0 Å². The molecule has 1 aromatic carbocycles. The van der Waals surface area contributed by atoms with Crippen molar-refractivity contribution >= 4 is 11.6 Å². The summed E-state index contributed by atoms with van der Waals surface area (Å²) in [7, 11) is 0. The van der Waals surface area contributed by atoms with Gasteiger partial charge in [-0.25, -0.2) is 0 Å². The Kier molecular flexibility index (Phi) is 3.79. The number of likely N-dealkylation sites (tertiary alicyclic amines) is 1. The highest BCUT2D eigenvalue weighted by atomic mass is 16.2. The molecule has 2 aliphatic rings. The fraction of sp³-hybridized carbons (Fsp3) is 0.588.